The van der Waals surface area contributed by atoms with Crippen LogP contribution in [0.5, 0.6) is 0 Å². The number of aryl methyl sites for hydroxylation is 1. The molecule has 6 heteroatoms. The van der Waals surface area contributed by atoms with Crippen molar-refractivity contribution in [2.24, 2.45) is 0 Å². The van der Waals surface area contributed by atoms with Gasteiger partial charge < -0.3 is 10.4 Å². The molecule has 0 spiro atoms. The average Bonchev–Trinajstić information content (AvgIpc) is 2.31. The highest BCUT2D eigenvalue weighted by Gasteiger charge is 2.25. The minimum absolute atomic E-state index is 0.0781. The first-order valence-electron chi connectivity index (χ1n) is 6.62. The summed E-state index contributed by atoms with van der Waals surface area (Å²) in [7, 11) is 0. The molecule has 0 unspecified atom stereocenters. The lowest BCUT2D eigenvalue weighted by Gasteiger charge is -2.33. The van der Waals surface area contributed by atoms with Crippen LogP contribution in [0, 0.1) is 12.7 Å². The van der Waals surface area contributed by atoms with Crippen molar-refractivity contribution in [3.05, 3.63) is 29.6 Å². The molecule has 0 aliphatic rings. The molecular formula is C15H21FN2O3. The number of anilines is 1. The summed E-state index contributed by atoms with van der Waals surface area (Å²) in [5.74, 6) is -1.78. The van der Waals surface area contributed by atoms with E-state index in [4.69, 9.17) is 5.11 Å². The van der Waals surface area contributed by atoms with Gasteiger partial charge in [-0.25, -0.2) is 4.39 Å². The number of carbonyl (C=O) groups excluding carboxylic acids is 1. The van der Waals surface area contributed by atoms with Crippen LogP contribution in [-0.4, -0.2) is 40.5 Å². The summed E-state index contributed by atoms with van der Waals surface area (Å²) in [6.07, 6.45) is 0. The molecule has 0 saturated carbocycles. The van der Waals surface area contributed by atoms with Crippen LogP contribution in [0.15, 0.2) is 18.2 Å². The Balaban J connectivity index is 2.73. The standard InChI is InChI=1S/C15H21FN2O3/c1-10-5-6-11(7-12(10)16)17-13(19)8-18(9-14(20)21)15(2,3)4/h5-7H,8-9H2,1-4H3,(H,17,19)(H,20,21). The number of carbonyl (C=O) groups is 2. The van der Waals surface area contributed by atoms with Crippen molar-refractivity contribution in [3.63, 3.8) is 0 Å². The van der Waals surface area contributed by atoms with Crippen LogP contribution in [0.2, 0.25) is 0 Å². The molecule has 0 heterocycles. The Morgan fingerprint density at radius 3 is 2.38 bits per heavy atom. The number of carboxylic acids is 1. The Kier molecular flexibility index (Phi) is 5.43. The number of benzene rings is 1. The Hall–Kier alpha value is -1.95. The van der Waals surface area contributed by atoms with E-state index in [-0.39, 0.29) is 19.0 Å². The van der Waals surface area contributed by atoms with Gasteiger partial charge in [0.1, 0.15) is 5.82 Å². The number of halogens is 1. The second-order valence-electron chi connectivity index (χ2n) is 5.93. The molecular weight excluding hydrogens is 275 g/mol. The lowest BCUT2D eigenvalue weighted by atomic mass is 10.1. The van der Waals surface area contributed by atoms with Gasteiger partial charge in [-0.3, -0.25) is 14.5 Å². The third-order valence-corrected chi connectivity index (χ3v) is 3.06. The zero-order valence-electron chi connectivity index (χ0n) is 12.7. The van der Waals surface area contributed by atoms with E-state index >= 15 is 0 Å². The summed E-state index contributed by atoms with van der Waals surface area (Å²) in [6.45, 7) is 6.80. The average molecular weight is 296 g/mol. The maximum atomic E-state index is 13.4. The van der Waals surface area contributed by atoms with Gasteiger partial charge in [0, 0.05) is 11.2 Å². The van der Waals surface area contributed by atoms with E-state index in [1.807, 2.05) is 20.8 Å². The van der Waals surface area contributed by atoms with Crippen molar-refractivity contribution in [2.75, 3.05) is 18.4 Å². The first-order chi connectivity index (χ1) is 9.59. The Morgan fingerprint density at radius 1 is 1.29 bits per heavy atom. The Bertz CT molecular complexity index is 538. The van der Waals surface area contributed by atoms with E-state index < -0.39 is 17.3 Å². The molecule has 0 fully saturated rings. The van der Waals surface area contributed by atoms with Gasteiger partial charge in [0.25, 0.3) is 0 Å². The number of carboxylic acid groups (broad SMARTS) is 1. The number of hydrogen-bond acceptors (Lipinski definition) is 3. The van der Waals surface area contributed by atoms with Crippen LogP contribution in [0.4, 0.5) is 10.1 Å². The molecule has 1 rings (SSSR count). The quantitative estimate of drug-likeness (QED) is 0.874. The molecule has 116 valence electrons. The number of rotatable bonds is 5. The summed E-state index contributed by atoms with van der Waals surface area (Å²) in [6, 6.07) is 4.42. The van der Waals surface area contributed by atoms with E-state index in [0.29, 0.717) is 11.3 Å². The van der Waals surface area contributed by atoms with Gasteiger partial charge >= 0.3 is 5.97 Å². The normalized spacial score (nSPS) is 11.5. The molecule has 21 heavy (non-hydrogen) atoms. The minimum atomic E-state index is -1.00. The predicted octanol–water partition coefficient (Wildman–Crippen LogP) is 2.26. The van der Waals surface area contributed by atoms with E-state index in [1.54, 1.807) is 19.1 Å². The molecule has 1 aromatic carbocycles. The smallest absolute Gasteiger partial charge is 0.317 e. The van der Waals surface area contributed by atoms with E-state index in [9.17, 15) is 14.0 Å². The fourth-order valence-electron chi connectivity index (χ4n) is 1.74. The third kappa shape index (κ3) is 5.51. The number of nitrogens with one attached hydrogen (secondary N) is 1. The molecule has 0 aliphatic carbocycles. The first kappa shape index (κ1) is 17.1. The SMILES string of the molecule is Cc1ccc(NC(=O)CN(CC(=O)O)C(C)(C)C)cc1F. The lowest BCUT2D eigenvalue weighted by Crippen LogP contribution is -2.48. The maximum absolute atomic E-state index is 13.4. The highest BCUT2D eigenvalue weighted by molar-refractivity contribution is 5.92. The monoisotopic (exact) mass is 296 g/mol. The van der Waals surface area contributed by atoms with Gasteiger partial charge in [0.2, 0.25) is 5.91 Å². The molecule has 5 nitrogen and oxygen atoms in total. The molecule has 0 aliphatic heterocycles. The molecule has 1 amide bonds. The van der Waals surface area contributed by atoms with Gasteiger partial charge in [-0.15, -0.1) is 0 Å². The van der Waals surface area contributed by atoms with Crippen LogP contribution < -0.4 is 5.32 Å². The molecule has 0 saturated heterocycles. The number of aliphatic carboxylic acids is 1. The minimum Gasteiger partial charge on any atom is -0.480 e. The summed E-state index contributed by atoms with van der Waals surface area (Å²) in [4.78, 5) is 24.4. The van der Waals surface area contributed by atoms with Crippen molar-refractivity contribution in [1.29, 1.82) is 0 Å². The fraction of sp³-hybridized carbons (Fsp3) is 0.467. The summed E-state index contributed by atoms with van der Waals surface area (Å²) >= 11 is 0. The van der Waals surface area contributed by atoms with Crippen molar-refractivity contribution in [3.8, 4) is 0 Å². The largest absolute Gasteiger partial charge is 0.480 e. The molecule has 0 aromatic heterocycles. The van der Waals surface area contributed by atoms with Gasteiger partial charge in [-0.1, -0.05) is 6.07 Å². The highest BCUT2D eigenvalue weighted by Crippen LogP contribution is 2.15. The number of nitrogens with zero attached hydrogens (tertiary/aromatic N) is 1. The van der Waals surface area contributed by atoms with E-state index in [2.05, 4.69) is 5.32 Å². The molecule has 0 bridgehead atoms. The third-order valence-electron chi connectivity index (χ3n) is 3.06. The zero-order valence-corrected chi connectivity index (χ0v) is 12.7. The fourth-order valence-corrected chi connectivity index (χ4v) is 1.74. The molecule has 0 radical (unpaired) electrons. The van der Waals surface area contributed by atoms with Gasteiger partial charge in [-0.2, -0.15) is 0 Å². The van der Waals surface area contributed by atoms with Crippen molar-refractivity contribution in [2.45, 2.75) is 33.2 Å². The van der Waals surface area contributed by atoms with E-state index in [1.165, 1.54) is 11.0 Å². The molecule has 1 aromatic rings. The van der Waals surface area contributed by atoms with Crippen LogP contribution in [0.3, 0.4) is 0 Å². The first-order valence-corrected chi connectivity index (χ1v) is 6.62. The van der Waals surface area contributed by atoms with Gasteiger partial charge in [0.15, 0.2) is 0 Å². The number of amides is 1. The Labute approximate surface area is 123 Å². The molecule has 2 N–H and O–H groups in total. The second-order valence-corrected chi connectivity index (χ2v) is 5.93. The van der Waals surface area contributed by atoms with Crippen LogP contribution in [0.1, 0.15) is 26.3 Å². The Morgan fingerprint density at radius 2 is 1.90 bits per heavy atom. The van der Waals surface area contributed by atoms with Crippen LogP contribution in [0.25, 0.3) is 0 Å². The highest BCUT2D eigenvalue weighted by atomic mass is 19.1. The van der Waals surface area contributed by atoms with Gasteiger partial charge in [-0.05, 0) is 45.4 Å². The topological polar surface area (TPSA) is 69.6 Å². The maximum Gasteiger partial charge on any atom is 0.317 e. The predicted molar refractivity (Wildman–Crippen MR) is 78.7 cm³/mol. The number of hydrogen-bond donors (Lipinski definition) is 2. The molecule has 0 atom stereocenters. The summed E-state index contributed by atoms with van der Waals surface area (Å²) in [5, 5.41) is 11.5. The lowest BCUT2D eigenvalue weighted by molar-refractivity contribution is -0.140. The van der Waals surface area contributed by atoms with Crippen LogP contribution in [-0.2, 0) is 9.59 Å². The summed E-state index contributed by atoms with van der Waals surface area (Å²) in [5.41, 5.74) is 0.385. The van der Waals surface area contributed by atoms with Crippen molar-refractivity contribution in [1.82, 2.24) is 4.90 Å². The van der Waals surface area contributed by atoms with E-state index in [0.717, 1.165) is 0 Å². The summed E-state index contributed by atoms with van der Waals surface area (Å²) < 4.78 is 13.4. The zero-order chi connectivity index (χ0) is 16.2. The van der Waals surface area contributed by atoms with Gasteiger partial charge in [0.05, 0.1) is 13.1 Å². The second kappa shape index (κ2) is 6.67. The van der Waals surface area contributed by atoms with Crippen LogP contribution >= 0.6 is 0 Å². The van der Waals surface area contributed by atoms with Crippen molar-refractivity contribution >= 4 is 17.6 Å². The van der Waals surface area contributed by atoms with Crippen molar-refractivity contribution < 1.29 is 19.1 Å².